The summed E-state index contributed by atoms with van der Waals surface area (Å²) in [6.45, 7) is 0. The second kappa shape index (κ2) is 6.69. The summed E-state index contributed by atoms with van der Waals surface area (Å²) in [5.41, 5.74) is 1.53. The summed E-state index contributed by atoms with van der Waals surface area (Å²) in [6.07, 6.45) is 0.384. The molecule has 1 aliphatic rings. The number of amides is 1. The first kappa shape index (κ1) is 16.4. The van der Waals surface area contributed by atoms with Gasteiger partial charge in [-0.3, -0.25) is 4.79 Å². The van der Waals surface area contributed by atoms with Crippen LogP contribution < -0.4 is 10.1 Å². The maximum atomic E-state index is 12.8. The molecule has 4 rings (SSSR count). The smallest absolute Gasteiger partial charge is 0.243 e. The SMILES string of the molecule is O=C(Nc1ccc(Cl)cc1)C1Cc2c(ccc3ccccc23)O/C1=N\O. The van der Waals surface area contributed by atoms with Gasteiger partial charge >= 0.3 is 0 Å². The zero-order valence-electron chi connectivity index (χ0n) is 13.6. The second-order valence-corrected chi connectivity index (χ2v) is 6.49. The van der Waals surface area contributed by atoms with Crippen LogP contribution in [0.2, 0.25) is 5.02 Å². The number of nitrogens with zero attached hydrogens (tertiary/aromatic N) is 1. The van der Waals surface area contributed by atoms with E-state index in [0.717, 1.165) is 16.3 Å². The Kier molecular flexibility index (Phi) is 4.22. The molecule has 0 fully saturated rings. The molecule has 3 aromatic rings. The lowest BCUT2D eigenvalue weighted by atomic mass is 9.91. The lowest BCUT2D eigenvalue weighted by molar-refractivity contribution is -0.118. The van der Waals surface area contributed by atoms with Crippen molar-refractivity contribution < 1.29 is 14.7 Å². The van der Waals surface area contributed by atoms with E-state index in [-0.39, 0.29) is 11.8 Å². The Hall–Kier alpha value is -3.05. The van der Waals surface area contributed by atoms with Crippen molar-refractivity contribution in [3.63, 3.8) is 0 Å². The number of halogens is 1. The molecule has 6 heteroatoms. The summed E-state index contributed by atoms with van der Waals surface area (Å²) in [6, 6.07) is 18.5. The van der Waals surface area contributed by atoms with Crippen molar-refractivity contribution in [1.29, 1.82) is 0 Å². The van der Waals surface area contributed by atoms with E-state index in [1.807, 2.05) is 36.4 Å². The number of ether oxygens (including phenoxy) is 1. The summed E-state index contributed by atoms with van der Waals surface area (Å²) in [7, 11) is 0. The molecular weight excluding hydrogens is 352 g/mol. The molecule has 1 amide bonds. The molecule has 0 saturated heterocycles. The number of rotatable bonds is 2. The van der Waals surface area contributed by atoms with Gasteiger partial charge in [0.05, 0.1) is 0 Å². The van der Waals surface area contributed by atoms with Crippen molar-refractivity contribution in [2.45, 2.75) is 6.42 Å². The summed E-state index contributed by atoms with van der Waals surface area (Å²) in [4.78, 5) is 12.8. The second-order valence-electron chi connectivity index (χ2n) is 6.06. The predicted octanol–water partition coefficient (Wildman–Crippen LogP) is 4.47. The Bertz CT molecular complexity index is 1020. The fourth-order valence-electron chi connectivity index (χ4n) is 3.15. The highest BCUT2D eigenvalue weighted by Crippen LogP contribution is 2.35. The van der Waals surface area contributed by atoms with Crippen LogP contribution in [0.25, 0.3) is 10.8 Å². The zero-order valence-corrected chi connectivity index (χ0v) is 14.4. The Labute approximate surface area is 154 Å². The molecule has 1 unspecified atom stereocenters. The molecule has 0 spiro atoms. The molecule has 3 aromatic carbocycles. The standard InChI is InChI=1S/C20H15ClN2O3/c21-13-6-8-14(9-7-13)22-19(24)17-11-16-15-4-2-1-3-12(15)5-10-18(16)26-20(17)23-25/h1-10,17,25H,11H2,(H,22,24)/b23-20-. The lowest BCUT2D eigenvalue weighted by Gasteiger charge is -2.26. The molecule has 1 atom stereocenters. The van der Waals surface area contributed by atoms with Crippen molar-refractivity contribution in [2.24, 2.45) is 11.1 Å². The number of benzene rings is 3. The number of carbonyl (C=O) groups is 1. The van der Waals surface area contributed by atoms with Gasteiger partial charge in [0, 0.05) is 16.3 Å². The molecule has 2 N–H and O–H groups in total. The predicted molar refractivity (Wildman–Crippen MR) is 101 cm³/mol. The Balaban J connectivity index is 1.67. The Morgan fingerprint density at radius 1 is 1.12 bits per heavy atom. The lowest BCUT2D eigenvalue weighted by Crippen LogP contribution is -2.37. The van der Waals surface area contributed by atoms with Crippen LogP contribution >= 0.6 is 11.6 Å². The number of carbonyl (C=O) groups excluding carboxylic acids is 1. The maximum Gasteiger partial charge on any atom is 0.243 e. The van der Waals surface area contributed by atoms with Gasteiger partial charge in [0.25, 0.3) is 0 Å². The largest absolute Gasteiger partial charge is 0.439 e. The molecule has 0 saturated carbocycles. The third-order valence-corrected chi connectivity index (χ3v) is 4.70. The summed E-state index contributed by atoms with van der Waals surface area (Å²) < 4.78 is 5.70. The van der Waals surface area contributed by atoms with Crippen molar-refractivity contribution in [3.05, 3.63) is 71.2 Å². The maximum absolute atomic E-state index is 12.8. The topological polar surface area (TPSA) is 70.9 Å². The molecule has 1 heterocycles. The minimum absolute atomic E-state index is 0.0146. The van der Waals surface area contributed by atoms with Crippen LogP contribution in [0.5, 0.6) is 5.75 Å². The van der Waals surface area contributed by atoms with Gasteiger partial charge in [-0.25, -0.2) is 0 Å². The summed E-state index contributed by atoms with van der Waals surface area (Å²) in [5.74, 6) is -0.445. The number of fused-ring (bicyclic) bond motifs is 3. The van der Waals surface area contributed by atoms with E-state index in [1.54, 1.807) is 24.3 Å². The first-order chi connectivity index (χ1) is 12.7. The first-order valence-electron chi connectivity index (χ1n) is 8.12. The Morgan fingerprint density at radius 2 is 1.88 bits per heavy atom. The molecular formula is C20H15ClN2O3. The molecule has 0 radical (unpaired) electrons. The molecule has 130 valence electrons. The number of anilines is 1. The highest BCUT2D eigenvalue weighted by atomic mass is 35.5. The van der Waals surface area contributed by atoms with Gasteiger partial charge in [-0.15, -0.1) is 0 Å². The van der Waals surface area contributed by atoms with E-state index in [4.69, 9.17) is 16.3 Å². The number of nitrogens with one attached hydrogen (secondary N) is 1. The van der Waals surface area contributed by atoms with Crippen LogP contribution in [0.4, 0.5) is 5.69 Å². The van der Waals surface area contributed by atoms with Gasteiger partial charge in [-0.2, -0.15) is 0 Å². The molecule has 0 aromatic heterocycles. The summed E-state index contributed by atoms with van der Waals surface area (Å²) >= 11 is 5.87. The van der Waals surface area contributed by atoms with Crippen LogP contribution in [-0.4, -0.2) is 17.0 Å². The minimum Gasteiger partial charge on any atom is -0.439 e. The normalized spacial score (nSPS) is 17.6. The number of hydrogen-bond donors (Lipinski definition) is 2. The van der Waals surface area contributed by atoms with Crippen LogP contribution in [0, 0.1) is 5.92 Å². The zero-order chi connectivity index (χ0) is 18.1. The first-order valence-corrected chi connectivity index (χ1v) is 8.50. The van der Waals surface area contributed by atoms with E-state index < -0.39 is 5.92 Å². The monoisotopic (exact) mass is 366 g/mol. The van der Waals surface area contributed by atoms with Crippen LogP contribution in [0.1, 0.15) is 5.56 Å². The molecule has 1 aliphatic heterocycles. The van der Waals surface area contributed by atoms with Gasteiger partial charge in [-0.1, -0.05) is 47.1 Å². The van der Waals surface area contributed by atoms with Crippen LogP contribution in [0.3, 0.4) is 0 Å². The van der Waals surface area contributed by atoms with Gasteiger partial charge in [-0.05, 0) is 47.5 Å². The number of oxime groups is 1. The highest BCUT2D eigenvalue weighted by molar-refractivity contribution is 6.30. The van der Waals surface area contributed by atoms with Crippen molar-refractivity contribution in [1.82, 2.24) is 0 Å². The molecule has 5 nitrogen and oxygen atoms in total. The average Bonchev–Trinajstić information content (AvgIpc) is 2.68. The van der Waals surface area contributed by atoms with Crippen LogP contribution in [0.15, 0.2) is 65.8 Å². The van der Waals surface area contributed by atoms with Crippen molar-refractivity contribution in [2.75, 3.05) is 5.32 Å². The average molecular weight is 367 g/mol. The third-order valence-electron chi connectivity index (χ3n) is 4.45. The molecule has 26 heavy (non-hydrogen) atoms. The molecule has 0 aliphatic carbocycles. The molecule has 0 bridgehead atoms. The van der Waals surface area contributed by atoms with E-state index in [2.05, 4.69) is 10.5 Å². The van der Waals surface area contributed by atoms with E-state index >= 15 is 0 Å². The van der Waals surface area contributed by atoms with Crippen molar-refractivity contribution in [3.8, 4) is 5.75 Å². The Morgan fingerprint density at radius 3 is 2.65 bits per heavy atom. The van der Waals surface area contributed by atoms with Gasteiger partial charge in [0.2, 0.25) is 11.8 Å². The fraction of sp³-hybridized carbons (Fsp3) is 0.100. The quantitative estimate of drug-likeness (QED) is 0.519. The third kappa shape index (κ3) is 2.97. The van der Waals surface area contributed by atoms with E-state index in [9.17, 15) is 10.0 Å². The van der Waals surface area contributed by atoms with Gasteiger partial charge < -0.3 is 15.3 Å². The van der Waals surface area contributed by atoms with Crippen LogP contribution in [-0.2, 0) is 11.2 Å². The van der Waals surface area contributed by atoms with E-state index in [0.29, 0.717) is 22.9 Å². The van der Waals surface area contributed by atoms with Crippen molar-refractivity contribution >= 4 is 39.9 Å². The number of hydrogen-bond acceptors (Lipinski definition) is 4. The van der Waals surface area contributed by atoms with E-state index in [1.165, 1.54) is 0 Å². The summed E-state index contributed by atoms with van der Waals surface area (Å²) in [5, 5.41) is 18.0. The fourth-order valence-corrected chi connectivity index (χ4v) is 3.28. The van der Waals surface area contributed by atoms with Gasteiger partial charge in [0.1, 0.15) is 11.7 Å². The minimum atomic E-state index is -0.728. The highest BCUT2D eigenvalue weighted by Gasteiger charge is 2.34. The van der Waals surface area contributed by atoms with Gasteiger partial charge in [0.15, 0.2) is 0 Å².